The van der Waals surface area contributed by atoms with Crippen LogP contribution in [0.5, 0.6) is 0 Å². The van der Waals surface area contributed by atoms with Gasteiger partial charge in [-0.2, -0.15) is 0 Å². The molecule has 29 heavy (non-hydrogen) atoms. The number of ketones is 1. The molecule has 4 heterocycles. The van der Waals surface area contributed by atoms with E-state index < -0.39 is 11.6 Å². The van der Waals surface area contributed by atoms with Crippen molar-refractivity contribution in [1.82, 2.24) is 9.97 Å². The van der Waals surface area contributed by atoms with E-state index in [9.17, 15) is 13.6 Å². The van der Waals surface area contributed by atoms with Crippen molar-refractivity contribution in [3.63, 3.8) is 0 Å². The van der Waals surface area contributed by atoms with Gasteiger partial charge in [0.05, 0.1) is 23.8 Å². The monoisotopic (exact) mass is 394 g/mol. The van der Waals surface area contributed by atoms with E-state index in [2.05, 4.69) is 4.98 Å². The van der Waals surface area contributed by atoms with E-state index in [1.165, 1.54) is 12.1 Å². The summed E-state index contributed by atoms with van der Waals surface area (Å²) < 4.78 is 28.2. The highest BCUT2D eigenvalue weighted by molar-refractivity contribution is 5.94. The minimum Gasteiger partial charge on any atom is -0.362 e. The zero-order valence-corrected chi connectivity index (χ0v) is 15.8. The van der Waals surface area contributed by atoms with Crippen LogP contribution in [0.25, 0.3) is 11.0 Å². The van der Waals surface area contributed by atoms with Gasteiger partial charge in [0.15, 0.2) is 5.78 Å². The number of anilines is 2. The summed E-state index contributed by atoms with van der Waals surface area (Å²) in [7, 11) is 0. The van der Waals surface area contributed by atoms with Gasteiger partial charge in [0.1, 0.15) is 23.0 Å². The smallest absolute Gasteiger partial charge is 0.153 e. The lowest BCUT2D eigenvalue weighted by Crippen LogP contribution is -2.25. The Bertz CT molecular complexity index is 1100. The third kappa shape index (κ3) is 3.20. The predicted octanol–water partition coefficient (Wildman–Crippen LogP) is 4.03. The molecule has 148 valence electrons. The Labute approximate surface area is 167 Å². The molecule has 1 atom stereocenters. The molecular weight excluding hydrogens is 374 g/mol. The molecule has 0 saturated carbocycles. The van der Waals surface area contributed by atoms with E-state index in [1.807, 2.05) is 28.0 Å². The van der Waals surface area contributed by atoms with Gasteiger partial charge in [-0.15, -0.1) is 0 Å². The molecule has 7 heteroatoms. The zero-order valence-electron chi connectivity index (χ0n) is 15.8. The van der Waals surface area contributed by atoms with Crippen molar-refractivity contribution in [2.45, 2.75) is 25.3 Å². The SMILES string of the molecule is O=C1CCN(c2ccnc3ccc(N4CCCC4c4cc(F)ccc4F)nc23)C1. The van der Waals surface area contributed by atoms with Crippen LogP contribution < -0.4 is 9.80 Å². The molecular formula is C22H20F2N4O. The number of pyridine rings is 2. The normalized spacial score (nSPS) is 19.5. The Morgan fingerprint density at radius 1 is 1.07 bits per heavy atom. The highest BCUT2D eigenvalue weighted by atomic mass is 19.1. The number of nitrogens with zero attached hydrogens (tertiary/aromatic N) is 4. The quantitative estimate of drug-likeness (QED) is 0.671. The standard InChI is InChI=1S/C22H20F2N4O/c23-14-3-4-17(24)16(12-14)19-2-1-10-28(19)21-6-5-18-22(26-21)20(7-9-25-18)27-11-8-15(29)13-27/h3-7,9,12,19H,1-2,8,10-11,13H2. The molecule has 0 amide bonds. The van der Waals surface area contributed by atoms with E-state index in [4.69, 9.17) is 4.98 Å². The van der Waals surface area contributed by atoms with Crippen LogP contribution in [-0.2, 0) is 4.79 Å². The Kier molecular flexibility index (Phi) is 4.38. The molecule has 2 aliphatic rings. The van der Waals surface area contributed by atoms with Crippen LogP contribution in [0.3, 0.4) is 0 Å². The summed E-state index contributed by atoms with van der Waals surface area (Å²) in [6.45, 7) is 1.77. The number of fused-ring (bicyclic) bond motifs is 1. The summed E-state index contributed by atoms with van der Waals surface area (Å²) in [5, 5.41) is 0. The van der Waals surface area contributed by atoms with Gasteiger partial charge in [0.25, 0.3) is 0 Å². The summed E-state index contributed by atoms with van der Waals surface area (Å²) in [6, 6.07) is 9.00. The molecule has 0 spiro atoms. The maximum atomic E-state index is 14.4. The molecule has 1 aromatic carbocycles. The van der Waals surface area contributed by atoms with Gasteiger partial charge >= 0.3 is 0 Å². The van der Waals surface area contributed by atoms with Gasteiger partial charge in [-0.05, 0) is 49.2 Å². The van der Waals surface area contributed by atoms with Gasteiger partial charge in [0.2, 0.25) is 0 Å². The van der Waals surface area contributed by atoms with Gasteiger partial charge in [-0.1, -0.05) is 0 Å². The van der Waals surface area contributed by atoms with Crippen molar-refractivity contribution in [3.05, 3.63) is 59.8 Å². The van der Waals surface area contributed by atoms with E-state index in [0.29, 0.717) is 30.9 Å². The third-order valence-corrected chi connectivity index (χ3v) is 5.78. The lowest BCUT2D eigenvalue weighted by molar-refractivity contribution is -0.116. The molecule has 0 bridgehead atoms. The molecule has 3 aromatic rings. The first-order chi connectivity index (χ1) is 14.1. The number of carbonyl (C=O) groups is 1. The molecule has 5 rings (SSSR count). The lowest BCUT2D eigenvalue weighted by Gasteiger charge is -2.27. The summed E-state index contributed by atoms with van der Waals surface area (Å²) in [5.41, 5.74) is 2.72. The van der Waals surface area contributed by atoms with E-state index in [1.54, 1.807) is 6.20 Å². The first-order valence-electron chi connectivity index (χ1n) is 9.84. The number of benzene rings is 1. The fraction of sp³-hybridized carbons (Fsp3) is 0.318. The van der Waals surface area contributed by atoms with E-state index in [0.717, 1.165) is 42.2 Å². The second-order valence-electron chi connectivity index (χ2n) is 7.59. The van der Waals surface area contributed by atoms with Gasteiger partial charge < -0.3 is 9.80 Å². The van der Waals surface area contributed by atoms with Crippen LogP contribution in [0.15, 0.2) is 42.6 Å². The average molecular weight is 394 g/mol. The Hall–Kier alpha value is -3.09. The topological polar surface area (TPSA) is 49.3 Å². The third-order valence-electron chi connectivity index (χ3n) is 5.78. The molecule has 0 radical (unpaired) electrons. The first kappa shape index (κ1) is 18.0. The van der Waals surface area contributed by atoms with Crippen LogP contribution in [0, 0.1) is 11.6 Å². The molecule has 0 aliphatic carbocycles. The minimum absolute atomic E-state index is 0.215. The van der Waals surface area contributed by atoms with Crippen molar-refractivity contribution in [2.24, 2.45) is 0 Å². The zero-order chi connectivity index (χ0) is 20.0. The lowest BCUT2D eigenvalue weighted by atomic mass is 10.0. The van der Waals surface area contributed by atoms with Crippen molar-refractivity contribution < 1.29 is 13.6 Å². The van der Waals surface area contributed by atoms with Crippen LogP contribution >= 0.6 is 0 Å². The molecule has 2 aliphatic heterocycles. The minimum atomic E-state index is -0.440. The molecule has 5 nitrogen and oxygen atoms in total. The molecule has 2 aromatic heterocycles. The number of hydrogen-bond acceptors (Lipinski definition) is 5. The average Bonchev–Trinajstić information content (AvgIpc) is 3.38. The summed E-state index contributed by atoms with van der Waals surface area (Å²) in [5.74, 6) is 0.0858. The predicted molar refractivity (Wildman–Crippen MR) is 107 cm³/mol. The Balaban J connectivity index is 1.56. The molecule has 1 unspecified atom stereocenters. The number of aromatic nitrogens is 2. The van der Waals surface area contributed by atoms with Crippen LogP contribution in [0.1, 0.15) is 30.9 Å². The highest BCUT2D eigenvalue weighted by Gasteiger charge is 2.30. The van der Waals surface area contributed by atoms with Gasteiger partial charge in [-0.25, -0.2) is 13.8 Å². The van der Waals surface area contributed by atoms with Crippen molar-refractivity contribution in [3.8, 4) is 0 Å². The second-order valence-corrected chi connectivity index (χ2v) is 7.59. The van der Waals surface area contributed by atoms with Crippen LogP contribution in [0.2, 0.25) is 0 Å². The highest BCUT2D eigenvalue weighted by Crippen LogP contribution is 2.38. The van der Waals surface area contributed by atoms with Gasteiger partial charge in [-0.3, -0.25) is 9.78 Å². The second kappa shape index (κ2) is 7.06. The summed E-state index contributed by atoms with van der Waals surface area (Å²) in [4.78, 5) is 25.1. The molecule has 2 saturated heterocycles. The largest absolute Gasteiger partial charge is 0.362 e. The number of Topliss-reactive ketones (excluding diaryl/α,β-unsaturated/α-hetero) is 1. The number of rotatable bonds is 3. The molecule has 0 N–H and O–H groups in total. The van der Waals surface area contributed by atoms with Crippen molar-refractivity contribution >= 4 is 28.3 Å². The Morgan fingerprint density at radius 3 is 2.79 bits per heavy atom. The molecule has 2 fully saturated rings. The maximum Gasteiger partial charge on any atom is 0.153 e. The van der Waals surface area contributed by atoms with E-state index >= 15 is 0 Å². The Morgan fingerprint density at radius 2 is 1.97 bits per heavy atom. The van der Waals surface area contributed by atoms with E-state index in [-0.39, 0.29) is 11.8 Å². The fourth-order valence-corrected chi connectivity index (χ4v) is 4.39. The van der Waals surface area contributed by atoms with Crippen LogP contribution in [-0.4, -0.2) is 35.4 Å². The summed E-state index contributed by atoms with van der Waals surface area (Å²) in [6.07, 6.45) is 3.88. The summed E-state index contributed by atoms with van der Waals surface area (Å²) >= 11 is 0. The number of halogens is 2. The first-order valence-corrected chi connectivity index (χ1v) is 9.84. The number of hydrogen-bond donors (Lipinski definition) is 0. The van der Waals surface area contributed by atoms with Crippen molar-refractivity contribution in [1.29, 1.82) is 0 Å². The van der Waals surface area contributed by atoms with Crippen molar-refractivity contribution in [2.75, 3.05) is 29.4 Å². The number of carbonyl (C=O) groups excluding carboxylic acids is 1. The van der Waals surface area contributed by atoms with Crippen LogP contribution in [0.4, 0.5) is 20.3 Å². The van der Waals surface area contributed by atoms with Gasteiger partial charge in [0, 0.05) is 31.3 Å². The maximum absolute atomic E-state index is 14.4. The fourth-order valence-electron chi connectivity index (χ4n) is 4.39.